The predicted molar refractivity (Wildman–Crippen MR) is 141 cm³/mol. The Morgan fingerprint density at radius 2 is 1.71 bits per heavy atom. The standard InChI is InChI=1S/C26H32N6OS/c27-19-6-4-5-18(17-19)23(33)24-25(28)30-26(34-24)29-20-7-9-21(10-8-20)32-15-11-22(12-16-32)31-13-2-1-3-14-31/h4-10,17,22H,1-3,11-16,27-28H2,(H,29,30). The average Bonchev–Trinajstić information content (AvgIpc) is 3.24. The Bertz CT molecular complexity index is 1130. The first-order chi connectivity index (χ1) is 16.6. The summed E-state index contributed by atoms with van der Waals surface area (Å²) in [7, 11) is 0. The molecule has 5 N–H and O–H groups in total. The SMILES string of the molecule is Nc1cccc(C(=O)c2sc(Nc3ccc(N4CCC(N5CCCCC5)CC4)cc3)nc2N)c1. The molecule has 0 saturated carbocycles. The van der Waals surface area contributed by atoms with E-state index < -0.39 is 0 Å². The molecule has 8 heteroatoms. The van der Waals surface area contributed by atoms with Gasteiger partial charge in [-0.05, 0) is 75.2 Å². The third-order valence-electron chi connectivity index (χ3n) is 6.86. The van der Waals surface area contributed by atoms with E-state index >= 15 is 0 Å². The minimum Gasteiger partial charge on any atom is -0.399 e. The smallest absolute Gasteiger partial charge is 0.206 e. The number of rotatable bonds is 6. The number of likely N-dealkylation sites (tertiary alicyclic amines) is 1. The molecule has 7 nitrogen and oxygen atoms in total. The number of aromatic nitrogens is 1. The average molecular weight is 477 g/mol. The first kappa shape index (κ1) is 22.7. The summed E-state index contributed by atoms with van der Waals surface area (Å²) in [4.78, 5) is 22.8. The number of nitrogen functional groups attached to an aromatic ring is 2. The number of carbonyl (C=O) groups is 1. The second-order valence-electron chi connectivity index (χ2n) is 9.17. The largest absolute Gasteiger partial charge is 0.399 e. The number of nitrogens with one attached hydrogen (secondary N) is 1. The lowest BCUT2D eigenvalue weighted by molar-refractivity contribution is 0.104. The van der Waals surface area contributed by atoms with Crippen molar-refractivity contribution in [2.24, 2.45) is 0 Å². The van der Waals surface area contributed by atoms with Gasteiger partial charge < -0.3 is 26.6 Å². The van der Waals surface area contributed by atoms with Crippen LogP contribution in [0.15, 0.2) is 48.5 Å². The van der Waals surface area contributed by atoms with E-state index in [1.165, 1.54) is 62.2 Å². The topological polar surface area (TPSA) is 101 Å². The second kappa shape index (κ2) is 10.0. The maximum atomic E-state index is 12.8. The fourth-order valence-electron chi connectivity index (χ4n) is 5.01. The number of anilines is 5. The quantitative estimate of drug-likeness (QED) is 0.349. The molecule has 0 atom stereocenters. The lowest BCUT2D eigenvalue weighted by Crippen LogP contribution is -2.46. The van der Waals surface area contributed by atoms with Crippen LogP contribution in [0.3, 0.4) is 0 Å². The van der Waals surface area contributed by atoms with E-state index in [2.05, 4.69) is 44.4 Å². The molecule has 0 unspecified atom stereocenters. The molecule has 34 heavy (non-hydrogen) atoms. The van der Waals surface area contributed by atoms with E-state index in [0.717, 1.165) is 24.8 Å². The van der Waals surface area contributed by atoms with Gasteiger partial charge in [0.25, 0.3) is 0 Å². The number of thiazole rings is 1. The molecule has 3 heterocycles. The normalized spacial score (nSPS) is 17.6. The highest BCUT2D eigenvalue weighted by molar-refractivity contribution is 7.18. The van der Waals surface area contributed by atoms with Crippen LogP contribution in [0.5, 0.6) is 0 Å². The van der Waals surface area contributed by atoms with Crippen molar-refractivity contribution in [1.29, 1.82) is 0 Å². The van der Waals surface area contributed by atoms with Gasteiger partial charge in [0, 0.05) is 41.8 Å². The molecule has 2 fully saturated rings. The van der Waals surface area contributed by atoms with Crippen molar-refractivity contribution < 1.29 is 4.79 Å². The van der Waals surface area contributed by atoms with Gasteiger partial charge >= 0.3 is 0 Å². The molecular formula is C26H32N6OS. The zero-order valence-electron chi connectivity index (χ0n) is 19.4. The molecule has 5 rings (SSSR count). The molecule has 3 aromatic rings. The van der Waals surface area contributed by atoms with Crippen molar-refractivity contribution in [3.63, 3.8) is 0 Å². The summed E-state index contributed by atoms with van der Waals surface area (Å²) in [5.74, 6) is 0.0618. The summed E-state index contributed by atoms with van der Waals surface area (Å²) in [6, 6.07) is 16.1. The van der Waals surface area contributed by atoms with Gasteiger partial charge in [-0.25, -0.2) is 4.98 Å². The van der Waals surface area contributed by atoms with Crippen molar-refractivity contribution in [2.75, 3.05) is 47.9 Å². The monoisotopic (exact) mass is 476 g/mol. The molecule has 2 aromatic carbocycles. The van der Waals surface area contributed by atoms with Crippen LogP contribution in [-0.2, 0) is 0 Å². The Balaban J connectivity index is 1.20. The van der Waals surface area contributed by atoms with Crippen molar-refractivity contribution in [1.82, 2.24) is 9.88 Å². The molecular weight excluding hydrogens is 444 g/mol. The van der Waals surface area contributed by atoms with Crippen LogP contribution >= 0.6 is 11.3 Å². The van der Waals surface area contributed by atoms with Gasteiger partial charge in [0.1, 0.15) is 10.7 Å². The zero-order valence-corrected chi connectivity index (χ0v) is 20.2. The Labute approximate surface area is 204 Å². The minimum atomic E-state index is -0.168. The lowest BCUT2D eigenvalue weighted by atomic mass is 9.99. The van der Waals surface area contributed by atoms with Gasteiger partial charge in [0.05, 0.1) is 0 Å². The summed E-state index contributed by atoms with van der Waals surface area (Å²) in [5.41, 5.74) is 15.1. The highest BCUT2D eigenvalue weighted by Gasteiger charge is 2.25. The van der Waals surface area contributed by atoms with E-state index in [9.17, 15) is 4.79 Å². The fourth-order valence-corrected chi connectivity index (χ4v) is 5.88. The molecule has 1 aromatic heterocycles. The molecule has 2 aliphatic rings. The maximum Gasteiger partial charge on any atom is 0.206 e. The van der Waals surface area contributed by atoms with Crippen LogP contribution in [0.4, 0.5) is 28.0 Å². The van der Waals surface area contributed by atoms with E-state index in [4.69, 9.17) is 11.5 Å². The minimum absolute atomic E-state index is 0.168. The maximum absolute atomic E-state index is 12.8. The van der Waals surface area contributed by atoms with Crippen molar-refractivity contribution in [3.05, 3.63) is 59.0 Å². The van der Waals surface area contributed by atoms with Crippen molar-refractivity contribution in [3.8, 4) is 0 Å². The van der Waals surface area contributed by atoms with Crippen LogP contribution in [0.1, 0.15) is 47.3 Å². The molecule has 0 radical (unpaired) electrons. The van der Waals surface area contributed by atoms with E-state index in [0.29, 0.717) is 21.3 Å². The third-order valence-corrected chi connectivity index (χ3v) is 7.85. The number of nitrogens with two attached hydrogens (primary N) is 2. The first-order valence-corrected chi connectivity index (χ1v) is 12.9. The van der Waals surface area contributed by atoms with Crippen LogP contribution in [-0.4, -0.2) is 47.9 Å². The van der Waals surface area contributed by atoms with Gasteiger partial charge in [-0.15, -0.1) is 0 Å². The first-order valence-electron chi connectivity index (χ1n) is 12.1. The number of ketones is 1. The Hall–Kier alpha value is -3.10. The Morgan fingerprint density at radius 1 is 0.971 bits per heavy atom. The predicted octanol–water partition coefficient (Wildman–Crippen LogP) is 4.74. The van der Waals surface area contributed by atoms with Gasteiger partial charge in [-0.2, -0.15) is 0 Å². The number of hydrogen-bond donors (Lipinski definition) is 3. The highest BCUT2D eigenvalue weighted by Crippen LogP contribution is 2.31. The molecule has 2 aliphatic heterocycles. The summed E-state index contributed by atoms with van der Waals surface area (Å²) < 4.78 is 0. The van der Waals surface area contributed by atoms with Gasteiger partial charge in [0.2, 0.25) is 5.78 Å². The number of carbonyl (C=O) groups excluding carboxylic acids is 1. The van der Waals surface area contributed by atoms with E-state index in [-0.39, 0.29) is 11.6 Å². The number of benzene rings is 2. The molecule has 0 amide bonds. The van der Waals surface area contributed by atoms with Gasteiger partial charge in [-0.3, -0.25) is 4.79 Å². The number of nitrogens with zero attached hydrogens (tertiary/aromatic N) is 3. The van der Waals surface area contributed by atoms with Gasteiger partial charge in [-0.1, -0.05) is 29.9 Å². The number of hydrogen-bond acceptors (Lipinski definition) is 8. The summed E-state index contributed by atoms with van der Waals surface area (Å²) >= 11 is 1.26. The number of piperidine rings is 2. The van der Waals surface area contributed by atoms with E-state index in [1.807, 2.05) is 0 Å². The van der Waals surface area contributed by atoms with E-state index in [1.54, 1.807) is 24.3 Å². The van der Waals surface area contributed by atoms with Gasteiger partial charge in [0.15, 0.2) is 5.13 Å². The molecule has 2 saturated heterocycles. The summed E-state index contributed by atoms with van der Waals surface area (Å²) in [6.45, 7) is 4.76. The Kier molecular flexibility index (Phi) is 6.69. The Morgan fingerprint density at radius 3 is 2.41 bits per heavy atom. The van der Waals surface area contributed by atoms with Crippen LogP contribution < -0.4 is 21.7 Å². The molecule has 0 bridgehead atoms. The van der Waals surface area contributed by atoms with Crippen LogP contribution in [0.2, 0.25) is 0 Å². The second-order valence-corrected chi connectivity index (χ2v) is 10.2. The summed E-state index contributed by atoms with van der Waals surface area (Å²) in [5, 5.41) is 3.89. The lowest BCUT2D eigenvalue weighted by Gasteiger charge is -2.41. The van der Waals surface area contributed by atoms with Crippen LogP contribution in [0, 0.1) is 0 Å². The summed E-state index contributed by atoms with van der Waals surface area (Å²) in [6.07, 6.45) is 6.58. The van der Waals surface area contributed by atoms with Crippen LogP contribution in [0.25, 0.3) is 0 Å². The zero-order chi connectivity index (χ0) is 23.5. The highest BCUT2D eigenvalue weighted by atomic mass is 32.1. The van der Waals surface area contributed by atoms with Crippen molar-refractivity contribution in [2.45, 2.75) is 38.1 Å². The van der Waals surface area contributed by atoms with Crippen molar-refractivity contribution >= 4 is 45.1 Å². The fraction of sp³-hybridized carbons (Fsp3) is 0.385. The molecule has 178 valence electrons. The molecule has 0 aliphatic carbocycles. The third kappa shape index (κ3) is 5.03. The molecule has 0 spiro atoms.